The van der Waals surface area contributed by atoms with Crippen LogP contribution in [-0.2, 0) is 24.4 Å². The molecule has 3 N–H and O–H groups in total. The summed E-state index contributed by atoms with van der Waals surface area (Å²) in [5, 5.41) is 0. The predicted molar refractivity (Wildman–Crippen MR) is 90.7 cm³/mol. The molecule has 0 bridgehead atoms. The number of likely N-dealkylation sites (N-methyl/N-ethyl adjacent to an activating group) is 1. The molecule has 0 saturated heterocycles. The van der Waals surface area contributed by atoms with Gasteiger partial charge in [-0.3, -0.25) is 24.0 Å². The Morgan fingerprint density at radius 2 is 2.00 bits per heavy atom. The number of unbranched alkanes of at least 4 members (excludes halogenated alkanes) is 1. The molecule has 0 aromatic carbocycles. The SMILES string of the molecule is CCCCn1c(=O)[nH]c(=O)c2c1nc(CN(C)CC(N)=O)n2CC. The zero-order valence-corrected chi connectivity index (χ0v) is 14.3. The molecule has 0 saturated carbocycles. The summed E-state index contributed by atoms with van der Waals surface area (Å²) in [6.45, 7) is 5.41. The fourth-order valence-electron chi connectivity index (χ4n) is 2.77. The van der Waals surface area contributed by atoms with Crippen LogP contribution in [0.4, 0.5) is 0 Å². The number of rotatable bonds is 8. The third-order valence-corrected chi connectivity index (χ3v) is 3.85. The molecule has 24 heavy (non-hydrogen) atoms. The first kappa shape index (κ1) is 17.9. The fourth-order valence-corrected chi connectivity index (χ4v) is 2.77. The summed E-state index contributed by atoms with van der Waals surface area (Å²) in [6.07, 6.45) is 1.74. The molecule has 9 heteroatoms. The Hall–Kier alpha value is -2.42. The maximum atomic E-state index is 12.3. The van der Waals surface area contributed by atoms with Gasteiger partial charge in [-0.25, -0.2) is 9.78 Å². The summed E-state index contributed by atoms with van der Waals surface area (Å²) in [5.74, 6) is 0.187. The average molecular weight is 336 g/mol. The second-order valence-electron chi connectivity index (χ2n) is 5.85. The molecule has 0 atom stereocenters. The summed E-state index contributed by atoms with van der Waals surface area (Å²) >= 11 is 0. The van der Waals surface area contributed by atoms with Gasteiger partial charge in [-0.15, -0.1) is 0 Å². The number of amides is 1. The molecule has 9 nitrogen and oxygen atoms in total. The van der Waals surface area contributed by atoms with E-state index in [1.807, 2.05) is 13.8 Å². The van der Waals surface area contributed by atoms with Gasteiger partial charge < -0.3 is 10.3 Å². The smallest absolute Gasteiger partial charge is 0.330 e. The van der Waals surface area contributed by atoms with Crippen LogP contribution in [0.15, 0.2) is 9.59 Å². The molecule has 2 aromatic heterocycles. The van der Waals surface area contributed by atoms with E-state index in [2.05, 4.69) is 9.97 Å². The topological polar surface area (TPSA) is 119 Å². The Labute approximate surface area is 139 Å². The van der Waals surface area contributed by atoms with Gasteiger partial charge in [0, 0.05) is 13.1 Å². The number of hydrogen-bond donors (Lipinski definition) is 2. The van der Waals surface area contributed by atoms with Crippen molar-refractivity contribution in [1.29, 1.82) is 0 Å². The number of aromatic amines is 1. The summed E-state index contributed by atoms with van der Waals surface area (Å²) < 4.78 is 3.28. The standard InChI is InChI=1S/C15H24N6O3/c1-4-6-7-21-13-12(14(23)18-15(21)24)20(5-2)11(17-13)9-19(3)8-10(16)22/h4-9H2,1-3H3,(H2,16,22)(H,18,23,24). The molecule has 2 rings (SSSR count). The van der Waals surface area contributed by atoms with E-state index in [0.717, 1.165) is 12.8 Å². The van der Waals surface area contributed by atoms with Crippen molar-refractivity contribution in [3.63, 3.8) is 0 Å². The minimum atomic E-state index is -0.446. The van der Waals surface area contributed by atoms with Crippen molar-refractivity contribution in [3.05, 3.63) is 26.7 Å². The van der Waals surface area contributed by atoms with E-state index in [9.17, 15) is 14.4 Å². The first-order chi connectivity index (χ1) is 11.4. The number of carbonyl (C=O) groups excluding carboxylic acids is 1. The quantitative estimate of drug-likeness (QED) is 0.681. The summed E-state index contributed by atoms with van der Waals surface area (Å²) in [7, 11) is 1.75. The zero-order chi connectivity index (χ0) is 17.9. The Morgan fingerprint density at radius 3 is 2.58 bits per heavy atom. The van der Waals surface area contributed by atoms with Crippen LogP contribution in [0.5, 0.6) is 0 Å². The van der Waals surface area contributed by atoms with Crippen molar-refractivity contribution < 1.29 is 4.79 Å². The number of aromatic nitrogens is 4. The predicted octanol–water partition coefficient (Wildman–Crippen LogP) is -0.377. The van der Waals surface area contributed by atoms with Crippen LogP contribution in [0.1, 0.15) is 32.5 Å². The van der Waals surface area contributed by atoms with Crippen LogP contribution in [0.25, 0.3) is 11.2 Å². The van der Waals surface area contributed by atoms with Crippen molar-refractivity contribution in [2.75, 3.05) is 13.6 Å². The highest BCUT2D eigenvalue weighted by Crippen LogP contribution is 2.13. The van der Waals surface area contributed by atoms with Crippen LogP contribution in [0.2, 0.25) is 0 Å². The van der Waals surface area contributed by atoms with Gasteiger partial charge in [0.05, 0.1) is 13.1 Å². The molecule has 0 radical (unpaired) electrons. The largest absolute Gasteiger partial charge is 0.369 e. The number of primary amides is 1. The number of fused-ring (bicyclic) bond motifs is 1. The molecule has 0 unspecified atom stereocenters. The first-order valence-corrected chi connectivity index (χ1v) is 8.08. The third-order valence-electron chi connectivity index (χ3n) is 3.85. The molecule has 0 aliphatic rings. The van der Waals surface area contributed by atoms with E-state index >= 15 is 0 Å². The molecule has 132 valence electrons. The highest BCUT2D eigenvalue weighted by atomic mass is 16.2. The normalized spacial score (nSPS) is 11.5. The summed E-state index contributed by atoms with van der Waals surface area (Å²) in [5.41, 5.74) is 5.09. The van der Waals surface area contributed by atoms with Crippen LogP contribution >= 0.6 is 0 Å². The van der Waals surface area contributed by atoms with E-state index in [1.165, 1.54) is 4.57 Å². The highest BCUT2D eigenvalue weighted by molar-refractivity contribution is 5.76. The molecule has 1 amide bonds. The van der Waals surface area contributed by atoms with Crippen molar-refractivity contribution in [2.45, 2.75) is 46.3 Å². The van der Waals surface area contributed by atoms with Crippen molar-refractivity contribution in [1.82, 2.24) is 24.0 Å². The number of carbonyl (C=O) groups is 1. The number of imidazole rings is 1. The zero-order valence-electron chi connectivity index (χ0n) is 14.3. The Morgan fingerprint density at radius 1 is 1.29 bits per heavy atom. The molecule has 0 fully saturated rings. The van der Waals surface area contributed by atoms with E-state index in [-0.39, 0.29) is 6.54 Å². The maximum absolute atomic E-state index is 12.3. The lowest BCUT2D eigenvalue weighted by Crippen LogP contribution is -2.31. The number of nitrogens with zero attached hydrogens (tertiary/aromatic N) is 4. The van der Waals surface area contributed by atoms with Gasteiger partial charge >= 0.3 is 5.69 Å². The minimum absolute atomic E-state index is 0.0892. The average Bonchev–Trinajstić information content (AvgIpc) is 2.84. The number of nitrogens with two attached hydrogens (primary N) is 1. The van der Waals surface area contributed by atoms with Gasteiger partial charge in [0.1, 0.15) is 5.82 Å². The fraction of sp³-hybridized carbons (Fsp3) is 0.600. The molecular weight excluding hydrogens is 312 g/mol. The lowest BCUT2D eigenvalue weighted by molar-refractivity contribution is -0.118. The molecule has 0 aliphatic heterocycles. The monoisotopic (exact) mass is 336 g/mol. The van der Waals surface area contributed by atoms with Gasteiger partial charge in [-0.1, -0.05) is 13.3 Å². The van der Waals surface area contributed by atoms with E-state index in [0.29, 0.717) is 36.6 Å². The lowest BCUT2D eigenvalue weighted by atomic mass is 10.3. The molecular formula is C15H24N6O3. The van der Waals surface area contributed by atoms with Gasteiger partial charge in [0.25, 0.3) is 5.56 Å². The van der Waals surface area contributed by atoms with Crippen LogP contribution in [0.3, 0.4) is 0 Å². The van der Waals surface area contributed by atoms with Crippen molar-refractivity contribution in [3.8, 4) is 0 Å². The van der Waals surface area contributed by atoms with Gasteiger partial charge in [-0.05, 0) is 20.4 Å². The van der Waals surface area contributed by atoms with E-state index < -0.39 is 17.2 Å². The van der Waals surface area contributed by atoms with E-state index in [1.54, 1.807) is 16.5 Å². The maximum Gasteiger partial charge on any atom is 0.330 e. The summed E-state index contributed by atoms with van der Waals surface area (Å²) in [4.78, 5) is 44.0. The highest BCUT2D eigenvalue weighted by Gasteiger charge is 2.18. The minimum Gasteiger partial charge on any atom is -0.369 e. The Kier molecular flexibility index (Phi) is 5.55. The van der Waals surface area contributed by atoms with Crippen LogP contribution < -0.4 is 17.0 Å². The van der Waals surface area contributed by atoms with Crippen molar-refractivity contribution >= 4 is 17.1 Å². The Bertz CT molecular complexity index is 847. The van der Waals surface area contributed by atoms with Crippen molar-refractivity contribution in [2.24, 2.45) is 5.73 Å². The molecule has 2 heterocycles. The second kappa shape index (κ2) is 7.43. The second-order valence-corrected chi connectivity index (χ2v) is 5.85. The molecule has 0 spiro atoms. The van der Waals surface area contributed by atoms with Crippen LogP contribution in [0, 0.1) is 0 Å². The molecule has 2 aromatic rings. The first-order valence-electron chi connectivity index (χ1n) is 8.08. The number of nitrogens with one attached hydrogen (secondary N) is 1. The summed E-state index contributed by atoms with van der Waals surface area (Å²) in [6, 6.07) is 0. The number of hydrogen-bond acceptors (Lipinski definition) is 5. The van der Waals surface area contributed by atoms with E-state index in [4.69, 9.17) is 5.73 Å². The van der Waals surface area contributed by atoms with Crippen LogP contribution in [-0.4, -0.2) is 43.5 Å². The number of H-pyrrole nitrogens is 1. The lowest BCUT2D eigenvalue weighted by Gasteiger charge is -2.14. The van der Waals surface area contributed by atoms with Gasteiger partial charge in [0.15, 0.2) is 11.2 Å². The van der Waals surface area contributed by atoms with Gasteiger partial charge in [-0.2, -0.15) is 0 Å². The number of aryl methyl sites for hydroxylation is 2. The van der Waals surface area contributed by atoms with Gasteiger partial charge in [0.2, 0.25) is 5.91 Å². The third kappa shape index (κ3) is 3.56. The molecule has 0 aliphatic carbocycles. The Balaban J connectivity index is 2.57.